The molecular formula is C28H22F3N5O2. The SMILES string of the molecule is O=C(NCCCn1ccnc1)c1ccc2nc(-c3ccccc3)c(-c3cccc(OC(F)(F)F)c3)nc2c1. The molecule has 0 bridgehead atoms. The van der Waals surface area contributed by atoms with Crippen LogP contribution in [0.2, 0.25) is 0 Å². The fourth-order valence-electron chi connectivity index (χ4n) is 4.02. The molecule has 1 N–H and O–H groups in total. The number of hydrogen-bond acceptors (Lipinski definition) is 5. The Morgan fingerprint density at radius 2 is 1.66 bits per heavy atom. The Balaban J connectivity index is 1.47. The number of halogens is 3. The van der Waals surface area contributed by atoms with Crippen LogP contribution in [0.25, 0.3) is 33.5 Å². The smallest absolute Gasteiger partial charge is 0.406 e. The summed E-state index contributed by atoms with van der Waals surface area (Å²) in [6, 6.07) is 19.8. The minimum Gasteiger partial charge on any atom is -0.406 e. The van der Waals surface area contributed by atoms with Crippen molar-refractivity contribution in [3.63, 3.8) is 0 Å². The Labute approximate surface area is 216 Å². The van der Waals surface area contributed by atoms with Gasteiger partial charge < -0.3 is 14.6 Å². The van der Waals surface area contributed by atoms with Crippen LogP contribution in [0.15, 0.2) is 91.5 Å². The summed E-state index contributed by atoms with van der Waals surface area (Å²) >= 11 is 0. The number of hydrogen-bond donors (Lipinski definition) is 1. The van der Waals surface area contributed by atoms with E-state index in [1.807, 2.05) is 41.1 Å². The van der Waals surface area contributed by atoms with E-state index < -0.39 is 6.36 Å². The number of rotatable bonds is 8. The van der Waals surface area contributed by atoms with Gasteiger partial charge in [-0.2, -0.15) is 0 Å². The van der Waals surface area contributed by atoms with Crippen molar-refractivity contribution in [2.75, 3.05) is 6.54 Å². The van der Waals surface area contributed by atoms with Gasteiger partial charge in [-0.15, -0.1) is 13.2 Å². The minimum atomic E-state index is -4.82. The number of aryl methyl sites for hydroxylation is 1. The molecule has 38 heavy (non-hydrogen) atoms. The van der Waals surface area contributed by atoms with Gasteiger partial charge in [0, 0.05) is 42.2 Å². The molecule has 2 aromatic heterocycles. The van der Waals surface area contributed by atoms with Crippen LogP contribution in [-0.4, -0.2) is 38.3 Å². The number of amides is 1. The molecule has 0 atom stereocenters. The van der Waals surface area contributed by atoms with Crippen molar-refractivity contribution in [1.82, 2.24) is 24.8 Å². The van der Waals surface area contributed by atoms with E-state index in [-0.39, 0.29) is 11.7 Å². The first-order valence-corrected chi connectivity index (χ1v) is 11.8. The molecular weight excluding hydrogens is 495 g/mol. The standard InChI is InChI=1S/C28H22F3N5O2/c29-28(30,31)38-22-9-4-8-20(16-22)26-25(19-6-2-1-3-7-19)34-23-11-10-21(17-24(23)35-26)27(37)33-12-5-14-36-15-13-32-18-36/h1-4,6-11,13,15-18H,5,12,14H2,(H,33,37). The fraction of sp³-hybridized carbons (Fsp3) is 0.143. The van der Waals surface area contributed by atoms with Gasteiger partial charge in [0.1, 0.15) is 5.75 Å². The monoisotopic (exact) mass is 517 g/mol. The number of fused-ring (bicyclic) bond motifs is 1. The third kappa shape index (κ3) is 5.97. The van der Waals surface area contributed by atoms with E-state index in [1.54, 1.807) is 36.8 Å². The number of carbonyl (C=O) groups is 1. The number of nitrogens with one attached hydrogen (secondary N) is 1. The lowest BCUT2D eigenvalue weighted by atomic mass is 10.0. The maximum atomic E-state index is 12.8. The number of imidazole rings is 1. The summed E-state index contributed by atoms with van der Waals surface area (Å²) in [6.45, 7) is 1.21. The quantitative estimate of drug-likeness (QED) is 0.260. The summed E-state index contributed by atoms with van der Waals surface area (Å²) in [7, 11) is 0. The fourth-order valence-corrected chi connectivity index (χ4v) is 4.02. The summed E-state index contributed by atoms with van der Waals surface area (Å²) < 4.78 is 44.6. The molecule has 0 aliphatic heterocycles. The number of alkyl halides is 3. The molecule has 10 heteroatoms. The number of aromatic nitrogens is 4. The molecule has 0 fully saturated rings. The third-order valence-electron chi connectivity index (χ3n) is 5.75. The number of benzene rings is 3. The molecule has 0 saturated carbocycles. The Morgan fingerprint density at radius 3 is 2.42 bits per heavy atom. The first-order chi connectivity index (χ1) is 18.4. The summed E-state index contributed by atoms with van der Waals surface area (Å²) in [5.74, 6) is -0.617. The largest absolute Gasteiger partial charge is 0.573 e. The Kier molecular flexibility index (Phi) is 7.03. The van der Waals surface area contributed by atoms with Gasteiger partial charge in [0.05, 0.1) is 28.7 Å². The van der Waals surface area contributed by atoms with Gasteiger partial charge in [-0.1, -0.05) is 42.5 Å². The molecule has 3 aromatic carbocycles. The molecule has 0 spiro atoms. The topological polar surface area (TPSA) is 81.9 Å². The van der Waals surface area contributed by atoms with E-state index in [2.05, 4.69) is 15.0 Å². The van der Waals surface area contributed by atoms with Gasteiger partial charge in [-0.3, -0.25) is 4.79 Å². The summed E-state index contributed by atoms with van der Waals surface area (Å²) in [6.07, 6.45) is 1.19. The highest BCUT2D eigenvalue weighted by molar-refractivity contribution is 5.98. The van der Waals surface area contributed by atoms with Crippen LogP contribution in [0.3, 0.4) is 0 Å². The van der Waals surface area contributed by atoms with Crippen molar-refractivity contribution in [1.29, 1.82) is 0 Å². The lowest BCUT2D eigenvalue weighted by molar-refractivity contribution is -0.274. The van der Waals surface area contributed by atoms with E-state index in [9.17, 15) is 18.0 Å². The van der Waals surface area contributed by atoms with E-state index in [4.69, 9.17) is 9.97 Å². The average molecular weight is 518 g/mol. The Bertz CT molecular complexity index is 1550. The molecule has 192 valence electrons. The van der Waals surface area contributed by atoms with Gasteiger partial charge in [-0.05, 0) is 36.8 Å². The van der Waals surface area contributed by atoms with Crippen molar-refractivity contribution in [3.8, 4) is 28.3 Å². The molecule has 7 nitrogen and oxygen atoms in total. The Morgan fingerprint density at radius 1 is 0.895 bits per heavy atom. The van der Waals surface area contributed by atoms with Gasteiger partial charge >= 0.3 is 6.36 Å². The van der Waals surface area contributed by atoms with E-state index in [1.165, 1.54) is 18.2 Å². The predicted octanol–water partition coefficient (Wildman–Crippen LogP) is 5.88. The highest BCUT2D eigenvalue weighted by Crippen LogP contribution is 2.34. The highest BCUT2D eigenvalue weighted by atomic mass is 19.4. The molecule has 0 saturated heterocycles. The molecule has 0 aliphatic carbocycles. The second-order valence-corrected chi connectivity index (χ2v) is 8.48. The van der Waals surface area contributed by atoms with E-state index in [0.717, 1.165) is 18.5 Å². The van der Waals surface area contributed by atoms with Crippen LogP contribution in [0.4, 0.5) is 13.2 Å². The van der Waals surface area contributed by atoms with Crippen molar-refractivity contribution in [2.45, 2.75) is 19.3 Å². The molecule has 2 heterocycles. The van der Waals surface area contributed by atoms with Crippen LogP contribution in [0.5, 0.6) is 5.75 Å². The van der Waals surface area contributed by atoms with Gasteiger partial charge in [0.15, 0.2) is 0 Å². The zero-order valence-corrected chi connectivity index (χ0v) is 20.0. The minimum absolute atomic E-state index is 0.256. The van der Waals surface area contributed by atoms with Crippen LogP contribution >= 0.6 is 0 Å². The maximum Gasteiger partial charge on any atom is 0.573 e. The van der Waals surface area contributed by atoms with Crippen LogP contribution in [0, 0.1) is 0 Å². The van der Waals surface area contributed by atoms with Crippen LogP contribution < -0.4 is 10.1 Å². The maximum absolute atomic E-state index is 12.8. The zero-order chi connectivity index (χ0) is 26.5. The van der Waals surface area contributed by atoms with E-state index >= 15 is 0 Å². The second kappa shape index (κ2) is 10.7. The van der Waals surface area contributed by atoms with Crippen molar-refractivity contribution < 1.29 is 22.7 Å². The first-order valence-electron chi connectivity index (χ1n) is 11.8. The van der Waals surface area contributed by atoms with Gasteiger partial charge in [0.25, 0.3) is 5.91 Å². The number of carbonyl (C=O) groups excluding carboxylic acids is 1. The highest BCUT2D eigenvalue weighted by Gasteiger charge is 2.31. The Hall–Kier alpha value is -4.73. The summed E-state index contributed by atoms with van der Waals surface area (Å²) in [4.78, 5) is 26.3. The molecule has 1 amide bonds. The summed E-state index contributed by atoms with van der Waals surface area (Å²) in [5, 5.41) is 2.89. The predicted molar refractivity (Wildman–Crippen MR) is 136 cm³/mol. The number of nitrogens with zero attached hydrogens (tertiary/aromatic N) is 4. The lowest BCUT2D eigenvalue weighted by Gasteiger charge is -2.13. The normalized spacial score (nSPS) is 11.4. The van der Waals surface area contributed by atoms with Crippen molar-refractivity contribution in [2.24, 2.45) is 0 Å². The zero-order valence-electron chi connectivity index (χ0n) is 20.0. The van der Waals surface area contributed by atoms with E-state index in [0.29, 0.717) is 40.1 Å². The molecule has 0 aliphatic rings. The molecule has 0 unspecified atom stereocenters. The molecule has 0 radical (unpaired) electrons. The van der Waals surface area contributed by atoms with Crippen molar-refractivity contribution in [3.05, 3.63) is 97.1 Å². The van der Waals surface area contributed by atoms with Gasteiger partial charge in [-0.25, -0.2) is 15.0 Å². The average Bonchev–Trinajstić information content (AvgIpc) is 3.43. The van der Waals surface area contributed by atoms with Crippen LogP contribution in [0.1, 0.15) is 16.8 Å². The molecule has 5 aromatic rings. The van der Waals surface area contributed by atoms with Crippen LogP contribution in [-0.2, 0) is 6.54 Å². The first kappa shape index (κ1) is 24.9. The molecule has 5 rings (SSSR count). The number of ether oxygens (including phenoxy) is 1. The lowest BCUT2D eigenvalue weighted by Crippen LogP contribution is -2.25. The van der Waals surface area contributed by atoms with Crippen molar-refractivity contribution >= 4 is 16.9 Å². The van der Waals surface area contributed by atoms with Gasteiger partial charge in [0.2, 0.25) is 0 Å². The third-order valence-corrected chi connectivity index (χ3v) is 5.75. The summed E-state index contributed by atoms with van der Waals surface area (Å²) in [5.41, 5.74) is 3.41. The second-order valence-electron chi connectivity index (χ2n) is 8.48.